The predicted molar refractivity (Wildman–Crippen MR) is 85.4 cm³/mol. The van der Waals surface area contributed by atoms with E-state index in [0.717, 1.165) is 24.4 Å². The van der Waals surface area contributed by atoms with Crippen molar-refractivity contribution in [3.63, 3.8) is 0 Å². The van der Waals surface area contributed by atoms with E-state index in [0.29, 0.717) is 0 Å². The summed E-state index contributed by atoms with van der Waals surface area (Å²) in [6.45, 7) is 0. The first-order valence-electron chi connectivity index (χ1n) is 7.68. The zero-order valence-electron chi connectivity index (χ0n) is 13.6. The van der Waals surface area contributed by atoms with Crippen molar-refractivity contribution in [2.45, 2.75) is 51.4 Å². The van der Waals surface area contributed by atoms with Crippen LogP contribution in [0.5, 0.6) is 0 Å². The van der Waals surface area contributed by atoms with E-state index in [4.69, 9.17) is 9.47 Å². The molecule has 0 heterocycles. The third-order valence-electron chi connectivity index (χ3n) is 3.41. The molecule has 130 valence electrons. The van der Waals surface area contributed by atoms with Gasteiger partial charge in [0.05, 0.1) is 14.2 Å². The third kappa shape index (κ3) is 11.4. The van der Waals surface area contributed by atoms with Crippen LogP contribution in [0.2, 0.25) is 0 Å². The molecular weight excluding hydrogens is 633 g/mol. The Morgan fingerprint density at radius 2 is 1.27 bits per heavy atom. The van der Waals surface area contributed by atoms with Crippen LogP contribution in [0.15, 0.2) is 48.0 Å². The van der Waals surface area contributed by atoms with Crippen LogP contribution >= 0.6 is 0 Å². The fourth-order valence-electron chi connectivity index (χ4n) is 2.21. The summed E-state index contributed by atoms with van der Waals surface area (Å²) < 4.78 is 10.4. The normalized spacial score (nSPS) is 17.4. The summed E-state index contributed by atoms with van der Waals surface area (Å²) in [5, 5.41) is 0. The van der Waals surface area contributed by atoms with Crippen LogP contribution < -0.4 is 0 Å². The minimum absolute atomic E-state index is 0. The van der Waals surface area contributed by atoms with Crippen LogP contribution in [0.25, 0.3) is 0 Å². The molecular formula is C18H28Ir2O2. The predicted octanol–water partition coefficient (Wildman–Crippen LogP) is 5.29. The van der Waals surface area contributed by atoms with Crippen molar-refractivity contribution >= 4 is 0 Å². The van der Waals surface area contributed by atoms with E-state index in [2.05, 4.69) is 30.4 Å². The van der Waals surface area contributed by atoms with Crippen molar-refractivity contribution < 1.29 is 49.7 Å². The van der Waals surface area contributed by atoms with Crippen LogP contribution in [0, 0.1) is 0 Å². The van der Waals surface area contributed by atoms with Gasteiger partial charge in [-0.1, -0.05) is 30.4 Å². The van der Waals surface area contributed by atoms with Crippen molar-refractivity contribution in [3.05, 3.63) is 48.0 Å². The van der Waals surface area contributed by atoms with Gasteiger partial charge >= 0.3 is 0 Å². The standard InChI is InChI=1S/C10H16O2.C8H12.2Ir/c1-11-9-7-5-3-4-6-8-10(9)12-2;1-2-4-6-8-7-5-3-1;;/h5,7H,3-4,6,8H2,1-2H3;1-4H,5-8H2;;. The Morgan fingerprint density at radius 3 is 1.82 bits per heavy atom. The van der Waals surface area contributed by atoms with Gasteiger partial charge < -0.3 is 9.47 Å². The van der Waals surface area contributed by atoms with E-state index in [9.17, 15) is 0 Å². The minimum atomic E-state index is 0. The second kappa shape index (κ2) is 17.2. The molecule has 0 N–H and O–H groups in total. The van der Waals surface area contributed by atoms with Gasteiger partial charge in [0.15, 0.2) is 5.76 Å². The van der Waals surface area contributed by atoms with Crippen LogP contribution in [-0.4, -0.2) is 14.2 Å². The maximum atomic E-state index is 5.23. The summed E-state index contributed by atoms with van der Waals surface area (Å²) in [4.78, 5) is 0. The fourth-order valence-corrected chi connectivity index (χ4v) is 2.21. The molecule has 0 aromatic rings. The third-order valence-corrected chi connectivity index (χ3v) is 3.41. The molecule has 4 heteroatoms. The van der Waals surface area contributed by atoms with Gasteiger partial charge in [0, 0.05) is 46.6 Å². The number of allylic oxidation sites excluding steroid dienone is 7. The Hall–Kier alpha value is -0.141. The molecule has 2 radical (unpaired) electrons. The first-order valence-corrected chi connectivity index (χ1v) is 7.68. The molecule has 22 heavy (non-hydrogen) atoms. The topological polar surface area (TPSA) is 18.5 Å². The van der Waals surface area contributed by atoms with Crippen LogP contribution in [-0.2, 0) is 49.7 Å². The van der Waals surface area contributed by atoms with Gasteiger partial charge in [-0.15, -0.1) is 0 Å². The minimum Gasteiger partial charge on any atom is -0.497 e. The first-order chi connectivity index (χ1) is 9.88. The molecule has 0 atom stereocenters. The molecule has 0 bridgehead atoms. The van der Waals surface area contributed by atoms with Gasteiger partial charge in [-0.3, -0.25) is 0 Å². The van der Waals surface area contributed by atoms with Crippen molar-refractivity contribution in [1.82, 2.24) is 0 Å². The molecule has 2 aliphatic rings. The average Bonchev–Trinajstić information content (AvgIpc) is 2.39. The van der Waals surface area contributed by atoms with Crippen LogP contribution in [0.4, 0.5) is 0 Å². The Morgan fingerprint density at radius 1 is 0.727 bits per heavy atom. The molecule has 0 aromatic carbocycles. The molecule has 0 spiro atoms. The van der Waals surface area contributed by atoms with Gasteiger partial charge in [-0.25, -0.2) is 0 Å². The number of ether oxygens (including phenoxy) is 2. The van der Waals surface area contributed by atoms with Gasteiger partial charge in [0.2, 0.25) is 0 Å². The molecule has 0 saturated carbocycles. The second-order valence-corrected chi connectivity index (χ2v) is 4.98. The average molecular weight is 661 g/mol. The summed E-state index contributed by atoms with van der Waals surface area (Å²) in [5.41, 5.74) is 0. The molecule has 0 amide bonds. The van der Waals surface area contributed by atoms with Gasteiger partial charge in [-0.2, -0.15) is 0 Å². The quantitative estimate of drug-likeness (QED) is 0.401. The van der Waals surface area contributed by atoms with Crippen LogP contribution in [0.1, 0.15) is 51.4 Å². The molecule has 0 unspecified atom stereocenters. The maximum Gasteiger partial charge on any atom is 0.156 e. The van der Waals surface area contributed by atoms with E-state index >= 15 is 0 Å². The Balaban J connectivity index is 0. The van der Waals surface area contributed by atoms with Gasteiger partial charge in [0.25, 0.3) is 0 Å². The Kier molecular flexibility index (Phi) is 18.9. The molecule has 0 fully saturated rings. The fraction of sp³-hybridized carbons (Fsp3) is 0.556. The SMILES string of the molecule is C1=CCCCCC=C1.COC1=C(OC)CCCCC=C1.[Ir].[Ir]. The Bertz CT molecular complexity index is 357. The Labute approximate surface area is 162 Å². The van der Waals surface area contributed by atoms with Crippen molar-refractivity contribution in [1.29, 1.82) is 0 Å². The smallest absolute Gasteiger partial charge is 0.156 e. The zero-order valence-corrected chi connectivity index (χ0v) is 18.4. The van der Waals surface area contributed by atoms with E-state index in [-0.39, 0.29) is 40.2 Å². The van der Waals surface area contributed by atoms with E-state index < -0.39 is 0 Å². The monoisotopic (exact) mass is 662 g/mol. The zero-order chi connectivity index (χ0) is 14.5. The summed E-state index contributed by atoms with van der Waals surface area (Å²) in [6, 6.07) is 0. The summed E-state index contributed by atoms with van der Waals surface area (Å²) in [7, 11) is 3.38. The van der Waals surface area contributed by atoms with Gasteiger partial charge in [-0.05, 0) is 51.0 Å². The number of hydrogen-bond acceptors (Lipinski definition) is 2. The van der Waals surface area contributed by atoms with Gasteiger partial charge in [0.1, 0.15) is 5.76 Å². The van der Waals surface area contributed by atoms with Crippen molar-refractivity contribution in [3.8, 4) is 0 Å². The van der Waals surface area contributed by atoms with E-state index in [1.165, 1.54) is 38.5 Å². The summed E-state index contributed by atoms with van der Waals surface area (Å²) >= 11 is 0. The summed E-state index contributed by atoms with van der Waals surface area (Å²) in [6.07, 6.45) is 22.7. The number of hydrogen-bond donors (Lipinski definition) is 0. The molecule has 0 aromatic heterocycles. The first kappa shape index (κ1) is 24.1. The molecule has 2 nitrogen and oxygen atoms in total. The largest absolute Gasteiger partial charge is 0.497 e. The molecule has 0 aliphatic heterocycles. The van der Waals surface area contributed by atoms with Crippen LogP contribution in [0.3, 0.4) is 0 Å². The van der Waals surface area contributed by atoms with Crippen molar-refractivity contribution in [2.24, 2.45) is 0 Å². The maximum absolute atomic E-state index is 5.23. The number of methoxy groups -OCH3 is 2. The van der Waals surface area contributed by atoms with E-state index in [1.54, 1.807) is 14.2 Å². The molecule has 0 saturated heterocycles. The molecule has 2 rings (SSSR count). The molecule has 2 aliphatic carbocycles. The van der Waals surface area contributed by atoms with Crippen molar-refractivity contribution in [2.75, 3.05) is 14.2 Å². The second-order valence-electron chi connectivity index (χ2n) is 4.98. The number of rotatable bonds is 2. The summed E-state index contributed by atoms with van der Waals surface area (Å²) in [5.74, 6) is 1.84. The van der Waals surface area contributed by atoms with E-state index in [1.807, 2.05) is 6.08 Å².